The van der Waals surface area contributed by atoms with Crippen LogP contribution < -0.4 is 5.32 Å². The number of hydrogen-bond acceptors (Lipinski definition) is 3. The van der Waals surface area contributed by atoms with Crippen molar-refractivity contribution < 1.29 is 4.79 Å². The van der Waals surface area contributed by atoms with Crippen molar-refractivity contribution in [2.75, 3.05) is 31.5 Å². The molecule has 1 saturated carbocycles. The predicted molar refractivity (Wildman–Crippen MR) is 89.5 cm³/mol. The number of aromatic nitrogens is 2. The number of anilines is 1. The molecule has 2 aliphatic heterocycles. The highest BCUT2D eigenvalue weighted by atomic mass is 16.2. The Morgan fingerprint density at radius 1 is 1.26 bits per heavy atom. The van der Waals surface area contributed by atoms with Crippen molar-refractivity contribution in [3.8, 4) is 0 Å². The molecule has 1 N–H and O–H groups in total. The second-order valence-electron chi connectivity index (χ2n) is 6.95. The van der Waals surface area contributed by atoms with Crippen LogP contribution in [0, 0.1) is 0 Å². The molecule has 1 aromatic heterocycles. The minimum Gasteiger partial charge on any atom is -0.323 e. The number of rotatable bonds is 3. The molecule has 1 atom stereocenters. The normalized spacial score (nSPS) is 25.1. The van der Waals surface area contributed by atoms with Crippen LogP contribution in [0.2, 0.25) is 0 Å². The Kier molecular flexibility index (Phi) is 3.85. The first kappa shape index (κ1) is 14.8. The standard InChI is InChI=1S/C17H25N5O/c1-20-16(11-15(19-20)13-5-4-6-13)18-17(23)22-10-7-14(12-22)21-8-2-3-9-21/h2-3,11,13-14H,4-10,12H2,1H3,(H,18,23)/t14-/m1/s1. The first-order valence-corrected chi connectivity index (χ1v) is 8.69. The number of nitrogens with one attached hydrogen (secondary N) is 1. The van der Waals surface area contributed by atoms with E-state index < -0.39 is 0 Å². The topological polar surface area (TPSA) is 53.4 Å². The van der Waals surface area contributed by atoms with Gasteiger partial charge in [0, 0.05) is 51.3 Å². The average molecular weight is 315 g/mol. The molecule has 6 heteroatoms. The van der Waals surface area contributed by atoms with Gasteiger partial charge in [0.1, 0.15) is 5.82 Å². The Morgan fingerprint density at radius 3 is 2.74 bits per heavy atom. The summed E-state index contributed by atoms with van der Waals surface area (Å²) in [5.74, 6) is 1.40. The van der Waals surface area contributed by atoms with E-state index in [4.69, 9.17) is 0 Å². The highest BCUT2D eigenvalue weighted by Crippen LogP contribution is 2.36. The van der Waals surface area contributed by atoms with Crippen molar-refractivity contribution >= 4 is 11.8 Å². The lowest BCUT2D eigenvalue weighted by Gasteiger charge is -2.23. The lowest BCUT2D eigenvalue weighted by atomic mass is 9.83. The van der Waals surface area contributed by atoms with Crippen molar-refractivity contribution in [2.45, 2.75) is 37.6 Å². The lowest BCUT2D eigenvalue weighted by Crippen LogP contribution is -2.39. The van der Waals surface area contributed by atoms with Crippen LogP contribution in [-0.2, 0) is 7.05 Å². The van der Waals surface area contributed by atoms with Crippen molar-refractivity contribution in [2.24, 2.45) is 7.05 Å². The fourth-order valence-corrected chi connectivity index (χ4v) is 3.72. The van der Waals surface area contributed by atoms with E-state index in [1.165, 1.54) is 19.3 Å². The fraction of sp³-hybridized carbons (Fsp3) is 0.647. The summed E-state index contributed by atoms with van der Waals surface area (Å²) in [6, 6.07) is 2.54. The molecule has 1 aromatic rings. The van der Waals surface area contributed by atoms with Crippen LogP contribution in [0.25, 0.3) is 0 Å². The third-order valence-electron chi connectivity index (χ3n) is 5.47. The van der Waals surface area contributed by atoms with Crippen LogP contribution in [0.4, 0.5) is 10.6 Å². The van der Waals surface area contributed by atoms with Crippen LogP contribution >= 0.6 is 0 Å². The summed E-state index contributed by atoms with van der Waals surface area (Å²) in [5, 5.41) is 7.60. The Morgan fingerprint density at radius 2 is 2.04 bits per heavy atom. The van der Waals surface area contributed by atoms with E-state index in [0.29, 0.717) is 12.0 Å². The van der Waals surface area contributed by atoms with E-state index in [9.17, 15) is 4.79 Å². The summed E-state index contributed by atoms with van der Waals surface area (Å²) in [7, 11) is 1.90. The van der Waals surface area contributed by atoms with Crippen LogP contribution in [0.3, 0.4) is 0 Å². The lowest BCUT2D eigenvalue weighted by molar-refractivity contribution is 0.212. The molecule has 0 aromatic carbocycles. The van der Waals surface area contributed by atoms with E-state index in [-0.39, 0.29) is 6.03 Å². The number of urea groups is 1. The van der Waals surface area contributed by atoms with Crippen LogP contribution in [0.1, 0.15) is 37.3 Å². The molecule has 1 saturated heterocycles. The molecule has 6 nitrogen and oxygen atoms in total. The van der Waals surface area contributed by atoms with Gasteiger partial charge in [0.15, 0.2) is 0 Å². The summed E-state index contributed by atoms with van der Waals surface area (Å²) >= 11 is 0. The van der Waals surface area contributed by atoms with E-state index >= 15 is 0 Å². The van der Waals surface area contributed by atoms with Gasteiger partial charge < -0.3 is 4.90 Å². The predicted octanol–water partition coefficient (Wildman–Crippen LogP) is 2.17. The zero-order valence-electron chi connectivity index (χ0n) is 13.7. The van der Waals surface area contributed by atoms with Gasteiger partial charge in [-0.05, 0) is 19.3 Å². The molecule has 0 bridgehead atoms. The second kappa shape index (κ2) is 6.00. The third-order valence-corrected chi connectivity index (χ3v) is 5.47. The van der Waals surface area contributed by atoms with Crippen LogP contribution in [-0.4, -0.2) is 57.8 Å². The van der Waals surface area contributed by atoms with Gasteiger partial charge in [0.25, 0.3) is 0 Å². The average Bonchev–Trinajstić information content (AvgIpc) is 3.18. The van der Waals surface area contributed by atoms with E-state index in [0.717, 1.165) is 44.1 Å². The highest BCUT2D eigenvalue weighted by Gasteiger charge is 2.31. The second-order valence-corrected chi connectivity index (χ2v) is 6.95. The first-order valence-electron chi connectivity index (χ1n) is 8.69. The minimum atomic E-state index is 0.00261. The zero-order valence-corrected chi connectivity index (χ0v) is 13.7. The summed E-state index contributed by atoms with van der Waals surface area (Å²) < 4.78 is 1.80. The number of carbonyl (C=O) groups is 1. The van der Waals surface area contributed by atoms with E-state index in [2.05, 4.69) is 27.5 Å². The molecule has 23 heavy (non-hydrogen) atoms. The maximum atomic E-state index is 12.5. The van der Waals surface area contributed by atoms with E-state index in [1.54, 1.807) is 4.68 Å². The molecule has 1 aliphatic carbocycles. The largest absolute Gasteiger partial charge is 0.323 e. The molecule has 4 rings (SSSR count). The molecule has 124 valence electrons. The molecule has 0 radical (unpaired) electrons. The molecular weight excluding hydrogens is 290 g/mol. The number of likely N-dealkylation sites (tertiary alicyclic amines) is 1. The molecule has 0 unspecified atom stereocenters. The van der Waals surface area contributed by atoms with Gasteiger partial charge >= 0.3 is 6.03 Å². The third kappa shape index (κ3) is 2.87. The van der Waals surface area contributed by atoms with Gasteiger partial charge in [-0.1, -0.05) is 18.6 Å². The summed E-state index contributed by atoms with van der Waals surface area (Å²) in [6.07, 6.45) is 9.22. The quantitative estimate of drug-likeness (QED) is 0.870. The van der Waals surface area contributed by atoms with Crippen LogP contribution in [0.15, 0.2) is 18.2 Å². The maximum absolute atomic E-state index is 12.5. The van der Waals surface area contributed by atoms with Gasteiger partial charge in [-0.25, -0.2) is 4.79 Å². The number of aryl methyl sites for hydroxylation is 1. The van der Waals surface area contributed by atoms with Crippen molar-refractivity contribution in [1.82, 2.24) is 19.6 Å². The molecular formula is C17H25N5O. The molecule has 3 heterocycles. The molecule has 0 spiro atoms. The number of nitrogens with zero attached hydrogens (tertiary/aromatic N) is 4. The monoisotopic (exact) mass is 315 g/mol. The maximum Gasteiger partial charge on any atom is 0.323 e. The Labute approximate surface area is 137 Å². The van der Waals surface area contributed by atoms with Gasteiger partial charge in [0.2, 0.25) is 0 Å². The van der Waals surface area contributed by atoms with Gasteiger partial charge in [-0.3, -0.25) is 14.9 Å². The minimum absolute atomic E-state index is 0.00261. The fourth-order valence-electron chi connectivity index (χ4n) is 3.72. The van der Waals surface area contributed by atoms with Gasteiger partial charge in [-0.15, -0.1) is 0 Å². The Bertz CT molecular complexity index is 610. The van der Waals surface area contributed by atoms with Gasteiger partial charge in [-0.2, -0.15) is 5.10 Å². The molecule has 2 fully saturated rings. The van der Waals surface area contributed by atoms with Crippen LogP contribution in [0.5, 0.6) is 0 Å². The highest BCUT2D eigenvalue weighted by molar-refractivity contribution is 5.88. The van der Waals surface area contributed by atoms with E-state index in [1.807, 2.05) is 18.0 Å². The SMILES string of the molecule is Cn1nc(C2CCC2)cc1NC(=O)N1CC[C@@H](N2CC=CC2)C1. The Balaban J connectivity index is 1.35. The first-order chi connectivity index (χ1) is 11.2. The zero-order chi connectivity index (χ0) is 15.8. The summed E-state index contributed by atoms with van der Waals surface area (Å²) in [4.78, 5) is 16.9. The van der Waals surface area contributed by atoms with Crippen molar-refractivity contribution in [1.29, 1.82) is 0 Å². The molecule has 3 aliphatic rings. The van der Waals surface area contributed by atoms with Gasteiger partial charge in [0.05, 0.1) is 5.69 Å². The smallest absolute Gasteiger partial charge is 0.323 e. The Hall–Kier alpha value is -1.82. The number of carbonyl (C=O) groups excluding carboxylic acids is 1. The van der Waals surface area contributed by atoms with Crippen molar-refractivity contribution in [3.63, 3.8) is 0 Å². The summed E-state index contributed by atoms with van der Waals surface area (Å²) in [5.41, 5.74) is 1.12. The number of amides is 2. The number of hydrogen-bond donors (Lipinski definition) is 1. The molecule has 2 amide bonds. The summed E-state index contributed by atoms with van der Waals surface area (Å²) in [6.45, 7) is 3.69. The van der Waals surface area contributed by atoms with Crippen molar-refractivity contribution in [3.05, 3.63) is 23.9 Å².